The Hall–Kier alpha value is -4.53. The fourth-order valence-electron chi connectivity index (χ4n) is 8.25. The maximum Gasteiger partial charge on any atom is 0.227 e. The summed E-state index contributed by atoms with van der Waals surface area (Å²) < 4.78 is 25.5. The highest BCUT2D eigenvalue weighted by atomic mass is 35.5. The minimum Gasteiger partial charge on any atom is -0.496 e. The van der Waals surface area contributed by atoms with Crippen LogP contribution in [0.4, 0.5) is 0 Å². The van der Waals surface area contributed by atoms with Gasteiger partial charge in [0, 0.05) is 61.3 Å². The number of rotatable bonds is 11. The van der Waals surface area contributed by atoms with E-state index in [1.165, 1.54) is 0 Å². The Morgan fingerprint density at radius 2 is 1.75 bits per heavy atom. The van der Waals surface area contributed by atoms with Gasteiger partial charge in [0.05, 0.1) is 54.9 Å². The number of oxazole rings is 1. The molecule has 8 rings (SSSR count). The van der Waals surface area contributed by atoms with Crippen molar-refractivity contribution in [3.63, 3.8) is 0 Å². The van der Waals surface area contributed by atoms with Crippen molar-refractivity contribution >= 4 is 33.6 Å². The van der Waals surface area contributed by atoms with Crippen molar-refractivity contribution in [2.75, 3.05) is 47.6 Å². The zero-order valence-electron chi connectivity index (χ0n) is 31.4. The van der Waals surface area contributed by atoms with Crippen LogP contribution in [0.15, 0.2) is 71.3 Å². The average Bonchev–Trinajstić information content (AvgIpc) is 3.94. The van der Waals surface area contributed by atoms with E-state index in [0.717, 1.165) is 69.4 Å². The average molecular weight is 768 g/mol. The summed E-state index contributed by atoms with van der Waals surface area (Å²) in [5.74, 6) is 1.67. The Kier molecular flexibility index (Phi) is 10.6. The van der Waals surface area contributed by atoms with E-state index in [9.17, 15) is 15.3 Å². The molecule has 3 N–H and O–H groups in total. The third-order valence-electron chi connectivity index (χ3n) is 11.2. The van der Waals surface area contributed by atoms with Crippen molar-refractivity contribution in [1.82, 2.24) is 24.6 Å². The molecule has 0 bridgehead atoms. The molecule has 2 aromatic heterocycles. The van der Waals surface area contributed by atoms with Gasteiger partial charge in [-0.05, 0) is 79.9 Å². The fourth-order valence-corrected chi connectivity index (χ4v) is 8.53. The van der Waals surface area contributed by atoms with Gasteiger partial charge in [-0.2, -0.15) is 5.10 Å². The van der Waals surface area contributed by atoms with E-state index in [0.29, 0.717) is 66.4 Å². The molecule has 13 heteroatoms. The van der Waals surface area contributed by atoms with Crippen LogP contribution in [-0.2, 0) is 17.8 Å². The van der Waals surface area contributed by atoms with E-state index >= 15 is 0 Å². The summed E-state index contributed by atoms with van der Waals surface area (Å²) in [6, 6.07) is 20.1. The topological polar surface area (TPSA) is 139 Å². The third kappa shape index (κ3) is 7.20. The molecule has 2 aliphatic rings. The Balaban J connectivity index is 1.10. The summed E-state index contributed by atoms with van der Waals surface area (Å²) in [6.07, 6.45) is 1.50. The maximum atomic E-state index is 10.6. The molecule has 0 radical (unpaired) electrons. The largest absolute Gasteiger partial charge is 0.496 e. The molecule has 0 spiro atoms. The molecule has 288 valence electrons. The van der Waals surface area contributed by atoms with Crippen molar-refractivity contribution in [1.29, 1.82) is 0 Å². The van der Waals surface area contributed by atoms with Crippen LogP contribution in [0.5, 0.6) is 11.5 Å². The third-order valence-corrected chi connectivity index (χ3v) is 11.5. The van der Waals surface area contributed by atoms with Gasteiger partial charge in [-0.3, -0.25) is 9.80 Å². The number of fused-ring (bicyclic) bond motifs is 2. The summed E-state index contributed by atoms with van der Waals surface area (Å²) in [5, 5.41) is 36.1. The second-order valence-corrected chi connectivity index (χ2v) is 15.1. The van der Waals surface area contributed by atoms with Crippen molar-refractivity contribution in [2.24, 2.45) is 5.92 Å². The molecule has 2 fully saturated rings. The summed E-state index contributed by atoms with van der Waals surface area (Å²) in [7, 11) is 5.30. The molecule has 2 aliphatic heterocycles. The zero-order chi connectivity index (χ0) is 38.4. The van der Waals surface area contributed by atoms with E-state index in [-0.39, 0.29) is 12.0 Å². The summed E-state index contributed by atoms with van der Waals surface area (Å²) in [6.45, 7) is 5.58. The molecule has 0 amide bonds. The van der Waals surface area contributed by atoms with Crippen LogP contribution in [0.25, 0.3) is 50.3 Å². The second kappa shape index (κ2) is 15.5. The Morgan fingerprint density at radius 1 is 1.00 bits per heavy atom. The number of hydrogen-bond donors (Lipinski definition) is 3. The number of aliphatic hydroxyl groups excluding tert-OH is 2. The first-order chi connectivity index (χ1) is 26.6. The highest BCUT2D eigenvalue weighted by molar-refractivity contribution is 6.34. The monoisotopic (exact) mass is 767 g/mol. The number of nitrogens with zero attached hydrogens (tertiary/aromatic N) is 5. The van der Waals surface area contributed by atoms with Crippen LogP contribution < -0.4 is 9.47 Å². The van der Waals surface area contributed by atoms with Crippen molar-refractivity contribution in [2.45, 2.75) is 51.3 Å². The van der Waals surface area contributed by atoms with Crippen LogP contribution in [0.1, 0.15) is 29.5 Å². The van der Waals surface area contributed by atoms with E-state index in [4.69, 9.17) is 40.3 Å². The first-order valence-electron chi connectivity index (χ1n) is 18.6. The first-order valence-corrected chi connectivity index (χ1v) is 19.0. The molecule has 0 unspecified atom stereocenters. The molecule has 3 atom stereocenters. The van der Waals surface area contributed by atoms with Crippen LogP contribution in [-0.4, -0.2) is 106 Å². The fraction of sp³-hybridized carbons (Fsp3) is 0.381. The Bertz CT molecular complexity index is 2320. The van der Waals surface area contributed by atoms with Crippen LogP contribution in [0, 0.1) is 12.8 Å². The van der Waals surface area contributed by atoms with Gasteiger partial charge in [0.25, 0.3) is 0 Å². The number of likely N-dealkylation sites (N-methyl/N-ethyl adjacent to an activating group) is 1. The lowest BCUT2D eigenvalue weighted by Crippen LogP contribution is -2.47. The molecular weight excluding hydrogens is 722 g/mol. The smallest absolute Gasteiger partial charge is 0.227 e. The molecule has 0 saturated carbocycles. The number of halogens is 1. The molecule has 0 aliphatic carbocycles. The SMILES string of the molecule is COc1cc(-n2ncc3c(-c4cccc(-c5nc6cc(CN7CC[C@@H](C(O)O)C7)cc(Cl)c6o5)c4C)cccc32)cc(OC)c1CN(C)[C@@H]1CCOC[C@@H]1O. The van der Waals surface area contributed by atoms with Gasteiger partial charge in [-0.1, -0.05) is 35.9 Å². The van der Waals surface area contributed by atoms with Crippen LogP contribution in [0.3, 0.4) is 0 Å². The number of ether oxygens (including phenoxy) is 3. The lowest BCUT2D eigenvalue weighted by molar-refractivity contribution is -0.0801. The molecule has 55 heavy (non-hydrogen) atoms. The molecule has 4 heterocycles. The van der Waals surface area contributed by atoms with E-state index < -0.39 is 12.4 Å². The van der Waals surface area contributed by atoms with Gasteiger partial charge in [-0.15, -0.1) is 0 Å². The number of hydrogen-bond acceptors (Lipinski definition) is 11. The lowest BCUT2D eigenvalue weighted by Gasteiger charge is -2.35. The van der Waals surface area contributed by atoms with Crippen molar-refractivity contribution in [3.8, 4) is 39.8 Å². The van der Waals surface area contributed by atoms with Gasteiger partial charge in [0.1, 0.15) is 17.0 Å². The Morgan fingerprint density at radius 3 is 2.47 bits per heavy atom. The number of methoxy groups -OCH3 is 2. The van der Waals surface area contributed by atoms with E-state index in [2.05, 4.69) is 28.9 Å². The van der Waals surface area contributed by atoms with Gasteiger partial charge < -0.3 is 33.9 Å². The summed E-state index contributed by atoms with van der Waals surface area (Å²) >= 11 is 6.75. The normalized spacial score (nSPS) is 19.3. The molecular formula is C42H46ClN5O7. The molecule has 2 saturated heterocycles. The number of benzene rings is 4. The second-order valence-electron chi connectivity index (χ2n) is 14.7. The predicted octanol–water partition coefficient (Wildman–Crippen LogP) is 6.19. The Labute approximate surface area is 324 Å². The number of aromatic nitrogens is 3. The minimum atomic E-state index is -1.31. The van der Waals surface area contributed by atoms with E-state index in [1.54, 1.807) is 14.2 Å². The van der Waals surface area contributed by atoms with Gasteiger partial charge >= 0.3 is 0 Å². The quantitative estimate of drug-likeness (QED) is 0.130. The standard InChI is InChI=1S/C42H46ClN5O7/c1-24-28(7-5-8-29(24)41-45-34-16-25(15-33(43)40(34)55-41)20-47-13-11-26(21-47)42(50)51)30-9-6-10-35-31(30)19-44-48(35)27-17-38(52-3)32(39(18-27)53-4)22-46(2)36-12-14-54-23-37(36)49/h5-10,15-19,26,36-37,42,49-51H,11-14,20-23H2,1-4H3/t26-,36-,37+/m1/s1. The summed E-state index contributed by atoms with van der Waals surface area (Å²) in [5.41, 5.74) is 8.70. The number of aliphatic hydroxyl groups is 3. The van der Waals surface area contributed by atoms with Crippen LogP contribution in [0.2, 0.25) is 5.02 Å². The van der Waals surface area contributed by atoms with Gasteiger partial charge in [0.2, 0.25) is 5.89 Å². The molecule has 6 aromatic rings. The van der Waals surface area contributed by atoms with Crippen molar-refractivity contribution < 1.29 is 33.9 Å². The first kappa shape index (κ1) is 37.4. The van der Waals surface area contributed by atoms with Gasteiger partial charge in [-0.25, -0.2) is 9.67 Å². The molecule has 4 aromatic carbocycles. The highest BCUT2D eigenvalue weighted by Crippen LogP contribution is 2.40. The maximum absolute atomic E-state index is 10.6. The zero-order valence-corrected chi connectivity index (χ0v) is 32.2. The van der Waals surface area contributed by atoms with Gasteiger partial charge in [0.15, 0.2) is 11.9 Å². The van der Waals surface area contributed by atoms with E-state index in [1.807, 2.05) is 66.5 Å². The van der Waals surface area contributed by atoms with Crippen molar-refractivity contribution in [3.05, 3.63) is 88.6 Å². The molecule has 12 nitrogen and oxygen atoms in total. The lowest BCUT2D eigenvalue weighted by atomic mass is 9.94. The minimum absolute atomic E-state index is 0.0320. The van der Waals surface area contributed by atoms with Crippen LogP contribution >= 0.6 is 11.6 Å². The number of likely N-dealkylation sites (tertiary alicyclic amines) is 1. The summed E-state index contributed by atoms with van der Waals surface area (Å²) in [4.78, 5) is 9.23. The predicted molar refractivity (Wildman–Crippen MR) is 211 cm³/mol. The highest BCUT2D eigenvalue weighted by Gasteiger charge is 2.30.